The molecule has 2 fully saturated rings. The third-order valence-corrected chi connectivity index (χ3v) is 10.8. The minimum atomic E-state index is -2.20. The quantitative estimate of drug-likeness (QED) is 0.167. The van der Waals surface area contributed by atoms with Crippen molar-refractivity contribution in [2.75, 3.05) is 4.90 Å². The first-order chi connectivity index (χ1) is 22.1. The predicted molar refractivity (Wildman–Crippen MR) is 170 cm³/mol. The van der Waals surface area contributed by atoms with Gasteiger partial charge in [-0.1, -0.05) is 54.6 Å². The maximum absolute atomic E-state index is 14.6. The molecule has 0 radical (unpaired) electrons. The van der Waals surface area contributed by atoms with E-state index in [1.54, 1.807) is 54.6 Å². The van der Waals surface area contributed by atoms with Gasteiger partial charge in [-0.25, -0.2) is 32.8 Å². The number of phenols is 1. The molecular weight excluding hydrogens is 634 g/mol. The van der Waals surface area contributed by atoms with Crippen molar-refractivity contribution in [2.45, 2.75) is 34.7 Å². The predicted octanol–water partition coefficient (Wildman–Crippen LogP) is 5.00. The van der Waals surface area contributed by atoms with Crippen LogP contribution in [0.15, 0.2) is 112 Å². The van der Waals surface area contributed by atoms with Crippen LogP contribution in [0.3, 0.4) is 0 Å². The first-order valence-corrected chi connectivity index (χ1v) is 15.3. The van der Waals surface area contributed by atoms with Crippen LogP contribution in [0, 0.1) is 5.82 Å². The second kappa shape index (κ2) is 9.78. The van der Waals surface area contributed by atoms with Gasteiger partial charge in [0.25, 0.3) is 11.8 Å². The molecule has 8 rings (SSSR count). The maximum Gasteiger partial charge on any atom is 0.352 e. The molecule has 1 saturated carbocycles. The Labute approximate surface area is 269 Å². The van der Waals surface area contributed by atoms with Crippen molar-refractivity contribution >= 4 is 51.5 Å². The van der Waals surface area contributed by atoms with Crippen LogP contribution in [0.4, 0.5) is 10.1 Å². The van der Waals surface area contributed by atoms with E-state index >= 15 is 0 Å². The van der Waals surface area contributed by atoms with Gasteiger partial charge < -0.3 is 5.11 Å². The molecule has 1 aromatic heterocycles. The van der Waals surface area contributed by atoms with Crippen molar-refractivity contribution in [2.24, 2.45) is 0 Å². The number of alkyl halides is 2. The standard InChI is InChI=1S/C34H23Cl2FN4O5/c35-33-18-25-24(16-17-38-31(45)40(32(46)41(25)38)21-7-2-1-3-8-21)28(27-23-9-5-4-6-19(23)10-15-26(27)42)34(33,36)30(44)39(29(33)43)22-13-11-20(37)12-14-22/h1-16,25,28,42H,17-18H2/t25-,28-,33-,34+/m1/s1. The van der Waals surface area contributed by atoms with E-state index in [4.69, 9.17) is 23.2 Å². The van der Waals surface area contributed by atoms with E-state index in [-0.39, 0.29) is 30.0 Å². The SMILES string of the molecule is O=C1N(c2ccc(F)cc2)C(=O)[C@@]2(Cl)[C@@H](c3c(O)ccc4ccccc34)C3=CCn4c(=O)n(-c5ccccc5)c(=O)n4[C@@H]3C[C@@]12Cl. The number of halogens is 3. The Balaban J connectivity index is 1.42. The molecule has 1 aliphatic carbocycles. The lowest BCUT2D eigenvalue weighted by Crippen LogP contribution is -2.59. The van der Waals surface area contributed by atoms with Gasteiger partial charge in [-0.2, -0.15) is 0 Å². The number of allylic oxidation sites excluding steroid dienone is 2. The van der Waals surface area contributed by atoms with Gasteiger partial charge in [-0.05, 0) is 58.8 Å². The third kappa shape index (κ3) is 3.56. The molecule has 1 N–H and O–H groups in total. The summed E-state index contributed by atoms with van der Waals surface area (Å²) in [6, 6.07) is 22.6. The first-order valence-electron chi connectivity index (χ1n) is 14.5. The molecule has 3 heterocycles. The highest BCUT2D eigenvalue weighted by Crippen LogP contribution is 2.65. The van der Waals surface area contributed by atoms with Crippen LogP contribution in [-0.4, -0.2) is 40.6 Å². The van der Waals surface area contributed by atoms with Crippen LogP contribution in [0.5, 0.6) is 5.75 Å². The number of fused-ring (bicyclic) bond motifs is 5. The van der Waals surface area contributed by atoms with Crippen molar-refractivity contribution in [1.29, 1.82) is 0 Å². The lowest BCUT2D eigenvalue weighted by molar-refractivity contribution is -0.122. The maximum atomic E-state index is 14.6. The molecule has 5 aromatic rings. The van der Waals surface area contributed by atoms with Crippen LogP contribution in [-0.2, 0) is 16.1 Å². The van der Waals surface area contributed by atoms with Gasteiger partial charge in [0.05, 0.1) is 24.0 Å². The minimum absolute atomic E-state index is 0.0478. The van der Waals surface area contributed by atoms with Gasteiger partial charge in [-0.15, -0.1) is 23.2 Å². The summed E-state index contributed by atoms with van der Waals surface area (Å²) in [4.78, 5) is 53.2. The van der Waals surface area contributed by atoms with Gasteiger partial charge in [0.15, 0.2) is 9.75 Å². The molecule has 0 bridgehead atoms. The number of para-hydroxylation sites is 1. The molecule has 4 aromatic carbocycles. The molecular formula is C34H23Cl2FN4O5. The Bertz CT molecular complexity index is 2280. The average molecular weight is 657 g/mol. The molecule has 46 heavy (non-hydrogen) atoms. The number of benzene rings is 4. The zero-order valence-corrected chi connectivity index (χ0v) is 25.3. The molecule has 0 spiro atoms. The molecule has 12 heteroatoms. The Morgan fingerprint density at radius 3 is 2.22 bits per heavy atom. The summed E-state index contributed by atoms with van der Waals surface area (Å²) in [7, 11) is 0. The van der Waals surface area contributed by atoms with Crippen molar-refractivity contribution in [1.82, 2.24) is 13.9 Å². The molecule has 3 aliphatic rings. The van der Waals surface area contributed by atoms with Crippen molar-refractivity contribution < 1.29 is 19.1 Å². The van der Waals surface area contributed by atoms with E-state index in [1.807, 2.05) is 12.1 Å². The van der Waals surface area contributed by atoms with Crippen molar-refractivity contribution in [3.63, 3.8) is 0 Å². The number of aromatic hydroxyl groups is 1. The highest BCUT2D eigenvalue weighted by Gasteiger charge is 2.76. The van der Waals surface area contributed by atoms with E-state index in [0.29, 0.717) is 16.6 Å². The fraction of sp³-hybridized carbons (Fsp3) is 0.176. The number of phenolic OH excluding ortho intramolecular Hbond substituents is 1. The van der Waals surface area contributed by atoms with Crippen LogP contribution >= 0.6 is 23.2 Å². The summed E-state index contributed by atoms with van der Waals surface area (Å²) in [6.07, 6.45) is 1.39. The zero-order chi connectivity index (χ0) is 32.1. The van der Waals surface area contributed by atoms with Gasteiger partial charge in [0, 0.05) is 17.9 Å². The van der Waals surface area contributed by atoms with E-state index in [2.05, 4.69) is 0 Å². The Kier molecular flexibility index (Phi) is 6.07. The van der Waals surface area contributed by atoms with Gasteiger partial charge in [-0.3, -0.25) is 9.59 Å². The van der Waals surface area contributed by atoms with E-state index in [9.17, 15) is 28.7 Å². The van der Waals surface area contributed by atoms with Crippen molar-refractivity contribution in [3.05, 3.63) is 135 Å². The minimum Gasteiger partial charge on any atom is -0.508 e. The van der Waals surface area contributed by atoms with E-state index in [1.165, 1.54) is 27.6 Å². The largest absolute Gasteiger partial charge is 0.508 e. The second-order valence-electron chi connectivity index (χ2n) is 11.7. The fourth-order valence-electron chi connectivity index (χ4n) is 7.36. The topological polar surface area (TPSA) is 107 Å². The van der Waals surface area contributed by atoms with Gasteiger partial charge in [0.1, 0.15) is 11.6 Å². The molecule has 4 atom stereocenters. The summed E-state index contributed by atoms with van der Waals surface area (Å²) in [5, 5.41) is 12.8. The average Bonchev–Trinajstić information content (AvgIpc) is 3.40. The number of amides is 2. The number of hydrogen-bond acceptors (Lipinski definition) is 5. The molecule has 230 valence electrons. The number of carbonyl (C=O) groups excluding carboxylic acids is 2. The van der Waals surface area contributed by atoms with Crippen LogP contribution in [0.2, 0.25) is 0 Å². The van der Waals surface area contributed by atoms with Crippen LogP contribution in [0.1, 0.15) is 23.9 Å². The summed E-state index contributed by atoms with van der Waals surface area (Å²) in [6.45, 7) is -0.0478. The number of nitrogens with zero attached hydrogens (tertiary/aromatic N) is 4. The summed E-state index contributed by atoms with van der Waals surface area (Å²) in [5.74, 6) is -3.71. The third-order valence-electron chi connectivity index (χ3n) is 9.41. The first kappa shape index (κ1) is 28.5. The number of anilines is 1. The Hall–Kier alpha value is -4.93. The summed E-state index contributed by atoms with van der Waals surface area (Å²) >= 11 is 14.8. The number of hydrogen-bond donors (Lipinski definition) is 1. The van der Waals surface area contributed by atoms with E-state index in [0.717, 1.165) is 27.0 Å². The highest BCUT2D eigenvalue weighted by atomic mass is 35.5. The zero-order valence-electron chi connectivity index (χ0n) is 23.8. The number of aromatic nitrogens is 3. The molecule has 0 unspecified atom stereocenters. The van der Waals surface area contributed by atoms with Crippen molar-refractivity contribution in [3.8, 4) is 11.4 Å². The highest BCUT2D eigenvalue weighted by molar-refractivity contribution is 6.58. The Morgan fingerprint density at radius 2 is 1.48 bits per heavy atom. The summed E-state index contributed by atoms with van der Waals surface area (Å²) in [5.41, 5.74) is -0.136. The summed E-state index contributed by atoms with van der Waals surface area (Å²) < 4.78 is 17.5. The normalized spacial score (nSPS) is 25.3. The second-order valence-corrected chi connectivity index (χ2v) is 12.9. The molecule has 2 aliphatic heterocycles. The molecule has 2 amide bonds. The lowest BCUT2D eigenvalue weighted by atomic mass is 9.63. The smallest absolute Gasteiger partial charge is 0.352 e. The van der Waals surface area contributed by atoms with E-state index < -0.39 is 50.7 Å². The monoisotopic (exact) mass is 656 g/mol. The molecule has 9 nitrogen and oxygen atoms in total. The van der Waals surface area contributed by atoms with Crippen LogP contribution < -0.4 is 16.3 Å². The van der Waals surface area contributed by atoms with Crippen LogP contribution in [0.25, 0.3) is 16.5 Å². The fourth-order valence-corrected chi connectivity index (χ4v) is 8.26. The lowest BCUT2D eigenvalue weighted by Gasteiger charge is -2.49. The number of carbonyl (C=O) groups is 2. The van der Waals surface area contributed by atoms with Gasteiger partial charge in [0.2, 0.25) is 0 Å². The molecule has 1 saturated heterocycles. The number of rotatable bonds is 3. The van der Waals surface area contributed by atoms with Gasteiger partial charge >= 0.3 is 11.4 Å². The number of imide groups is 1. The Morgan fingerprint density at radius 1 is 0.783 bits per heavy atom.